The van der Waals surface area contributed by atoms with E-state index in [1.165, 1.54) is 4.90 Å². The molecule has 0 radical (unpaired) electrons. The number of methoxy groups -OCH3 is 1. The number of amides is 1. The maximum absolute atomic E-state index is 11.8. The summed E-state index contributed by atoms with van der Waals surface area (Å²) in [5.74, 6) is -0.267. The molecular weight excluding hydrogens is 262 g/mol. The number of hydrogen-bond acceptors (Lipinski definition) is 4. The minimum atomic E-state index is -0.957. The Morgan fingerprint density at radius 1 is 1.55 bits per heavy atom. The van der Waals surface area contributed by atoms with E-state index >= 15 is 0 Å². The lowest BCUT2D eigenvalue weighted by atomic mass is 9.97. The van der Waals surface area contributed by atoms with Crippen LogP contribution in [0.15, 0.2) is 24.3 Å². The molecule has 6 heteroatoms. The number of carboxylic acid groups (broad SMARTS) is 1. The van der Waals surface area contributed by atoms with E-state index in [2.05, 4.69) is 0 Å². The second kappa shape index (κ2) is 5.40. The van der Waals surface area contributed by atoms with Crippen molar-refractivity contribution in [3.8, 4) is 5.75 Å². The maximum Gasteiger partial charge on any atom is 0.410 e. The summed E-state index contributed by atoms with van der Waals surface area (Å²) in [5.41, 5.74) is 0.0336. The van der Waals surface area contributed by atoms with Crippen molar-refractivity contribution in [2.24, 2.45) is 0 Å². The molecular formula is C14H17NO5. The molecule has 108 valence electrons. The molecule has 1 aromatic carbocycles. The molecule has 20 heavy (non-hydrogen) atoms. The lowest BCUT2D eigenvalue weighted by Gasteiger charge is -2.30. The number of ether oxygens (including phenoxy) is 2. The van der Waals surface area contributed by atoms with Crippen LogP contribution >= 0.6 is 0 Å². The number of nitrogens with zero attached hydrogens (tertiary/aromatic N) is 1. The van der Waals surface area contributed by atoms with Gasteiger partial charge >= 0.3 is 12.1 Å². The highest BCUT2D eigenvalue weighted by Gasteiger charge is 2.45. The Hall–Kier alpha value is -2.24. The molecule has 0 bridgehead atoms. The van der Waals surface area contributed by atoms with Crippen LogP contribution in [-0.2, 0) is 16.1 Å². The highest BCUT2D eigenvalue weighted by molar-refractivity contribution is 5.75. The molecule has 0 aliphatic carbocycles. The van der Waals surface area contributed by atoms with Gasteiger partial charge < -0.3 is 14.6 Å². The molecule has 1 aliphatic rings. The molecule has 1 saturated heterocycles. The van der Waals surface area contributed by atoms with E-state index in [0.717, 1.165) is 5.56 Å². The summed E-state index contributed by atoms with van der Waals surface area (Å²) in [6.45, 7) is 2.09. The first-order valence-corrected chi connectivity index (χ1v) is 6.24. The van der Waals surface area contributed by atoms with Crippen LogP contribution in [0, 0.1) is 0 Å². The molecule has 0 aromatic heterocycles. The number of cyclic esters (lactones) is 1. The normalized spacial score (nSPS) is 21.7. The second-order valence-corrected chi connectivity index (χ2v) is 5.06. The van der Waals surface area contributed by atoms with E-state index in [-0.39, 0.29) is 13.0 Å². The fourth-order valence-corrected chi connectivity index (χ4v) is 2.27. The smallest absolute Gasteiger partial charge is 0.410 e. The average Bonchev–Trinajstić information content (AvgIpc) is 2.66. The minimum absolute atomic E-state index is 0.0854. The van der Waals surface area contributed by atoms with Crippen LogP contribution in [0.25, 0.3) is 0 Å². The van der Waals surface area contributed by atoms with Gasteiger partial charge in [-0.25, -0.2) is 4.79 Å². The third-order valence-corrected chi connectivity index (χ3v) is 3.39. The van der Waals surface area contributed by atoms with Crippen LogP contribution in [-0.4, -0.2) is 41.3 Å². The molecule has 0 saturated carbocycles. The molecule has 1 unspecified atom stereocenters. The molecule has 1 amide bonds. The SMILES string of the molecule is COc1cccc(CN2C(=O)OCC2(C)CC(=O)O)c1. The number of carboxylic acids is 1. The zero-order valence-electron chi connectivity index (χ0n) is 11.5. The summed E-state index contributed by atoms with van der Waals surface area (Å²) in [4.78, 5) is 24.2. The molecule has 1 atom stereocenters. The molecule has 2 rings (SSSR count). The Bertz CT molecular complexity index is 530. The number of carbonyl (C=O) groups is 2. The monoisotopic (exact) mass is 279 g/mol. The third kappa shape index (κ3) is 2.84. The topological polar surface area (TPSA) is 76.1 Å². The van der Waals surface area contributed by atoms with Crippen molar-refractivity contribution < 1.29 is 24.2 Å². The standard InChI is InChI=1S/C14H17NO5/c1-14(7-12(16)17)9-20-13(18)15(14)8-10-4-3-5-11(6-10)19-2/h3-6H,7-9H2,1-2H3,(H,16,17). The highest BCUT2D eigenvalue weighted by atomic mass is 16.6. The van der Waals surface area contributed by atoms with Crippen LogP contribution in [0.3, 0.4) is 0 Å². The predicted octanol–water partition coefficient (Wildman–Crippen LogP) is 1.88. The van der Waals surface area contributed by atoms with Crippen LogP contribution < -0.4 is 4.74 Å². The van der Waals surface area contributed by atoms with E-state index in [0.29, 0.717) is 12.3 Å². The highest BCUT2D eigenvalue weighted by Crippen LogP contribution is 2.30. The van der Waals surface area contributed by atoms with Crippen LogP contribution in [0.2, 0.25) is 0 Å². The predicted molar refractivity (Wildman–Crippen MR) is 70.5 cm³/mol. The zero-order valence-corrected chi connectivity index (χ0v) is 11.5. The van der Waals surface area contributed by atoms with Gasteiger partial charge in [-0.05, 0) is 24.6 Å². The Morgan fingerprint density at radius 2 is 2.30 bits per heavy atom. The van der Waals surface area contributed by atoms with Gasteiger partial charge in [-0.2, -0.15) is 0 Å². The van der Waals surface area contributed by atoms with Crippen LogP contribution in [0.4, 0.5) is 4.79 Å². The fraction of sp³-hybridized carbons (Fsp3) is 0.429. The Labute approximate surface area is 116 Å². The van der Waals surface area contributed by atoms with Crippen molar-refractivity contribution in [3.63, 3.8) is 0 Å². The number of rotatable bonds is 5. The largest absolute Gasteiger partial charge is 0.497 e. The number of aliphatic carboxylic acids is 1. The summed E-state index contributed by atoms with van der Waals surface area (Å²) in [7, 11) is 1.57. The third-order valence-electron chi connectivity index (χ3n) is 3.39. The van der Waals surface area contributed by atoms with Gasteiger partial charge in [0.1, 0.15) is 12.4 Å². The van der Waals surface area contributed by atoms with E-state index in [1.807, 2.05) is 24.3 Å². The summed E-state index contributed by atoms with van der Waals surface area (Å²) in [6, 6.07) is 7.30. The van der Waals surface area contributed by atoms with Gasteiger partial charge in [0, 0.05) is 6.54 Å². The first-order valence-electron chi connectivity index (χ1n) is 6.24. The minimum Gasteiger partial charge on any atom is -0.497 e. The van der Waals surface area contributed by atoms with Gasteiger partial charge in [-0.3, -0.25) is 9.69 Å². The van der Waals surface area contributed by atoms with Crippen LogP contribution in [0.5, 0.6) is 5.75 Å². The maximum atomic E-state index is 11.8. The molecule has 1 aliphatic heterocycles. The van der Waals surface area contributed by atoms with Crippen molar-refractivity contribution in [2.45, 2.75) is 25.4 Å². The van der Waals surface area contributed by atoms with E-state index in [1.54, 1.807) is 14.0 Å². The lowest BCUT2D eigenvalue weighted by molar-refractivity contribution is -0.139. The Kier molecular flexibility index (Phi) is 3.83. The molecule has 1 aromatic rings. The summed E-state index contributed by atoms with van der Waals surface area (Å²) in [5, 5.41) is 8.98. The van der Waals surface area contributed by atoms with Gasteiger partial charge in [0.05, 0.1) is 19.1 Å². The van der Waals surface area contributed by atoms with Crippen molar-refractivity contribution in [1.82, 2.24) is 4.90 Å². The number of benzene rings is 1. The Morgan fingerprint density at radius 3 is 2.95 bits per heavy atom. The zero-order chi connectivity index (χ0) is 14.8. The summed E-state index contributed by atoms with van der Waals surface area (Å²) >= 11 is 0. The van der Waals surface area contributed by atoms with E-state index < -0.39 is 17.6 Å². The number of carbonyl (C=O) groups excluding carboxylic acids is 1. The first-order chi connectivity index (χ1) is 9.44. The van der Waals surface area contributed by atoms with Crippen molar-refractivity contribution >= 4 is 12.1 Å². The second-order valence-electron chi connectivity index (χ2n) is 5.06. The van der Waals surface area contributed by atoms with Gasteiger partial charge in [-0.1, -0.05) is 12.1 Å². The lowest BCUT2D eigenvalue weighted by Crippen LogP contribution is -2.45. The molecule has 1 fully saturated rings. The quantitative estimate of drug-likeness (QED) is 0.890. The average molecular weight is 279 g/mol. The number of hydrogen-bond donors (Lipinski definition) is 1. The Balaban J connectivity index is 2.20. The molecule has 6 nitrogen and oxygen atoms in total. The van der Waals surface area contributed by atoms with Gasteiger partial charge in [0.15, 0.2) is 0 Å². The van der Waals surface area contributed by atoms with E-state index in [4.69, 9.17) is 14.6 Å². The van der Waals surface area contributed by atoms with Crippen LogP contribution in [0.1, 0.15) is 18.9 Å². The molecule has 0 spiro atoms. The van der Waals surface area contributed by atoms with Crippen molar-refractivity contribution in [3.05, 3.63) is 29.8 Å². The summed E-state index contributed by atoms with van der Waals surface area (Å²) in [6.07, 6.45) is -0.639. The first kappa shape index (κ1) is 14.2. The van der Waals surface area contributed by atoms with E-state index in [9.17, 15) is 9.59 Å². The van der Waals surface area contributed by atoms with Gasteiger partial charge in [0.25, 0.3) is 0 Å². The van der Waals surface area contributed by atoms with Gasteiger partial charge in [0.2, 0.25) is 0 Å². The summed E-state index contributed by atoms with van der Waals surface area (Å²) < 4.78 is 10.1. The molecule has 1 N–H and O–H groups in total. The van der Waals surface area contributed by atoms with Crippen molar-refractivity contribution in [1.29, 1.82) is 0 Å². The van der Waals surface area contributed by atoms with Gasteiger partial charge in [-0.15, -0.1) is 0 Å². The fourth-order valence-electron chi connectivity index (χ4n) is 2.27. The molecule has 1 heterocycles. The van der Waals surface area contributed by atoms with Crippen molar-refractivity contribution in [2.75, 3.05) is 13.7 Å².